The summed E-state index contributed by atoms with van der Waals surface area (Å²) in [5.41, 5.74) is 3.13. The summed E-state index contributed by atoms with van der Waals surface area (Å²) in [5, 5.41) is 1.00. The molecule has 2 aromatic rings. The van der Waals surface area contributed by atoms with E-state index < -0.39 is 0 Å². The van der Waals surface area contributed by atoms with Crippen molar-refractivity contribution in [1.29, 1.82) is 0 Å². The van der Waals surface area contributed by atoms with Gasteiger partial charge in [-0.2, -0.15) is 0 Å². The fourth-order valence-corrected chi connectivity index (χ4v) is 1.51. The normalized spacial score (nSPS) is 10.4. The molecule has 2 aromatic heterocycles. The van der Waals surface area contributed by atoms with E-state index in [-0.39, 0.29) is 0 Å². The van der Waals surface area contributed by atoms with Crippen LogP contribution in [0.3, 0.4) is 0 Å². The lowest BCUT2D eigenvalue weighted by Gasteiger charge is -2.02. The summed E-state index contributed by atoms with van der Waals surface area (Å²) < 4.78 is 0. The van der Waals surface area contributed by atoms with Crippen LogP contribution in [0.1, 0.15) is 21.7 Å². The minimum Gasteiger partial charge on any atom is -0.296 e. The Morgan fingerprint density at radius 2 is 2.00 bits per heavy atom. The van der Waals surface area contributed by atoms with Crippen molar-refractivity contribution >= 4 is 17.3 Å². The zero-order valence-electron chi connectivity index (χ0n) is 8.11. The lowest BCUT2D eigenvalue weighted by Crippen LogP contribution is -1.93. The maximum atomic E-state index is 10.5. The van der Waals surface area contributed by atoms with Crippen LogP contribution in [-0.4, -0.2) is 16.3 Å². The van der Waals surface area contributed by atoms with Gasteiger partial charge in [-0.1, -0.05) is 0 Å². The Labute approximate surface area is 81.8 Å². The summed E-state index contributed by atoms with van der Waals surface area (Å²) in [6.07, 6.45) is 0.735. The molecule has 0 aliphatic rings. The first-order chi connectivity index (χ1) is 6.70. The number of aryl methyl sites for hydroxylation is 2. The quantitative estimate of drug-likeness (QED) is 0.640. The fraction of sp³-hybridized carbons (Fsp3) is 0.182. The van der Waals surface area contributed by atoms with Gasteiger partial charge in [-0.3, -0.25) is 4.79 Å². The Morgan fingerprint density at radius 1 is 1.21 bits per heavy atom. The van der Waals surface area contributed by atoms with E-state index in [9.17, 15) is 4.79 Å². The highest BCUT2D eigenvalue weighted by Gasteiger charge is 2.02. The zero-order chi connectivity index (χ0) is 10.1. The van der Waals surface area contributed by atoms with Crippen LogP contribution in [0.15, 0.2) is 18.2 Å². The van der Waals surface area contributed by atoms with Crippen molar-refractivity contribution in [1.82, 2.24) is 9.97 Å². The Bertz CT molecular complexity index is 506. The molecule has 0 fully saturated rings. The smallest absolute Gasteiger partial charge is 0.168 e. The van der Waals surface area contributed by atoms with E-state index in [2.05, 4.69) is 9.97 Å². The first kappa shape index (κ1) is 8.81. The molecule has 70 valence electrons. The topological polar surface area (TPSA) is 42.9 Å². The molecule has 0 unspecified atom stereocenters. The van der Waals surface area contributed by atoms with Crippen LogP contribution < -0.4 is 0 Å². The van der Waals surface area contributed by atoms with E-state index >= 15 is 0 Å². The van der Waals surface area contributed by atoms with Crippen molar-refractivity contribution in [2.24, 2.45) is 0 Å². The molecule has 0 aliphatic heterocycles. The number of hydrogen-bond acceptors (Lipinski definition) is 3. The monoisotopic (exact) mass is 186 g/mol. The molecule has 0 bridgehead atoms. The lowest BCUT2D eigenvalue weighted by molar-refractivity contribution is 0.111. The van der Waals surface area contributed by atoms with E-state index in [0.29, 0.717) is 11.3 Å². The molecular formula is C11H10N2O. The summed E-state index contributed by atoms with van der Waals surface area (Å²) in [5.74, 6) is 0. The third kappa shape index (κ3) is 1.37. The second kappa shape index (κ2) is 3.18. The van der Waals surface area contributed by atoms with E-state index in [0.717, 1.165) is 22.9 Å². The van der Waals surface area contributed by atoms with Crippen LogP contribution in [-0.2, 0) is 0 Å². The van der Waals surface area contributed by atoms with Gasteiger partial charge in [0.05, 0.1) is 0 Å². The number of aromatic nitrogens is 2. The summed E-state index contributed by atoms with van der Waals surface area (Å²) in [7, 11) is 0. The predicted molar refractivity (Wildman–Crippen MR) is 54.4 cm³/mol. The Kier molecular flexibility index (Phi) is 2.00. The van der Waals surface area contributed by atoms with Gasteiger partial charge < -0.3 is 0 Å². The molecule has 0 N–H and O–H groups in total. The summed E-state index contributed by atoms with van der Waals surface area (Å²) >= 11 is 0. The van der Waals surface area contributed by atoms with Crippen LogP contribution >= 0.6 is 0 Å². The summed E-state index contributed by atoms with van der Waals surface area (Å²) in [4.78, 5) is 18.9. The van der Waals surface area contributed by atoms with E-state index in [1.165, 1.54) is 0 Å². The number of rotatable bonds is 1. The van der Waals surface area contributed by atoms with Crippen LogP contribution in [0.4, 0.5) is 0 Å². The molecule has 3 heteroatoms. The van der Waals surface area contributed by atoms with Crippen molar-refractivity contribution in [3.63, 3.8) is 0 Å². The number of nitrogens with zero attached hydrogens (tertiary/aromatic N) is 2. The van der Waals surface area contributed by atoms with Gasteiger partial charge in [0.15, 0.2) is 11.9 Å². The standard InChI is InChI=1S/C11H10N2O/c1-7-5-8(2)12-11-10(7)4-3-9(6-14)13-11/h3-6H,1-2H3. The summed E-state index contributed by atoms with van der Waals surface area (Å²) in [6, 6.07) is 5.60. The van der Waals surface area contributed by atoms with Crippen LogP contribution in [0.5, 0.6) is 0 Å². The van der Waals surface area contributed by atoms with Gasteiger partial charge in [0.2, 0.25) is 0 Å². The number of carbonyl (C=O) groups excluding carboxylic acids is 1. The van der Waals surface area contributed by atoms with Crippen molar-refractivity contribution in [3.8, 4) is 0 Å². The molecule has 3 nitrogen and oxygen atoms in total. The maximum Gasteiger partial charge on any atom is 0.168 e. The van der Waals surface area contributed by atoms with Crippen molar-refractivity contribution in [3.05, 3.63) is 35.2 Å². The van der Waals surface area contributed by atoms with Crippen molar-refractivity contribution in [2.75, 3.05) is 0 Å². The molecule has 0 spiro atoms. The molecule has 2 rings (SSSR count). The van der Waals surface area contributed by atoms with Crippen LogP contribution in [0.25, 0.3) is 11.0 Å². The second-order valence-electron chi connectivity index (χ2n) is 3.31. The van der Waals surface area contributed by atoms with Crippen molar-refractivity contribution < 1.29 is 4.79 Å². The average molecular weight is 186 g/mol. The van der Waals surface area contributed by atoms with Gasteiger partial charge in [-0.15, -0.1) is 0 Å². The third-order valence-electron chi connectivity index (χ3n) is 2.15. The molecular weight excluding hydrogens is 176 g/mol. The first-order valence-electron chi connectivity index (χ1n) is 4.41. The number of aldehydes is 1. The molecule has 0 saturated carbocycles. The number of carbonyl (C=O) groups is 1. The van der Waals surface area contributed by atoms with E-state index in [1.807, 2.05) is 26.0 Å². The molecule has 0 aliphatic carbocycles. The highest BCUT2D eigenvalue weighted by molar-refractivity contribution is 5.83. The Balaban J connectivity index is 2.81. The highest BCUT2D eigenvalue weighted by atomic mass is 16.1. The fourth-order valence-electron chi connectivity index (χ4n) is 1.51. The molecule has 0 radical (unpaired) electrons. The maximum absolute atomic E-state index is 10.5. The van der Waals surface area contributed by atoms with E-state index in [4.69, 9.17) is 0 Å². The zero-order valence-corrected chi connectivity index (χ0v) is 8.11. The molecule has 0 aromatic carbocycles. The minimum atomic E-state index is 0.426. The SMILES string of the molecule is Cc1cc(C)c2ccc(C=O)nc2n1. The second-order valence-corrected chi connectivity index (χ2v) is 3.31. The largest absolute Gasteiger partial charge is 0.296 e. The van der Waals surface area contributed by atoms with E-state index in [1.54, 1.807) is 6.07 Å². The third-order valence-corrected chi connectivity index (χ3v) is 2.15. The van der Waals surface area contributed by atoms with Crippen LogP contribution in [0.2, 0.25) is 0 Å². The molecule has 14 heavy (non-hydrogen) atoms. The number of pyridine rings is 2. The van der Waals surface area contributed by atoms with Gasteiger partial charge >= 0.3 is 0 Å². The van der Waals surface area contributed by atoms with Crippen LogP contribution in [0, 0.1) is 13.8 Å². The molecule has 0 atom stereocenters. The lowest BCUT2D eigenvalue weighted by atomic mass is 10.1. The van der Waals surface area contributed by atoms with Gasteiger partial charge in [0, 0.05) is 11.1 Å². The van der Waals surface area contributed by atoms with Gasteiger partial charge in [-0.05, 0) is 37.6 Å². The first-order valence-corrected chi connectivity index (χ1v) is 4.41. The number of hydrogen-bond donors (Lipinski definition) is 0. The summed E-state index contributed by atoms with van der Waals surface area (Å²) in [6.45, 7) is 3.93. The highest BCUT2D eigenvalue weighted by Crippen LogP contribution is 2.15. The predicted octanol–water partition coefficient (Wildman–Crippen LogP) is 2.06. The van der Waals surface area contributed by atoms with Crippen molar-refractivity contribution in [2.45, 2.75) is 13.8 Å². The van der Waals surface area contributed by atoms with Gasteiger partial charge in [0.1, 0.15) is 5.69 Å². The molecule has 2 heterocycles. The number of fused-ring (bicyclic) bond motifs is 1. The van der Waals surface area contributed by atoms with Gasteiger partial charge in [0.25, 0.3) is 0 Å². The minimum absolute atomic E-state index is 0.426. The Hall–Kier alpha value is -1.77. The Morgan fingerprint density at radius 3 is 2.71 bits per heavy atom. The molecule has 0 saturated heterocycles. The van der Waals surface area contributed by atoms with Gasteiger partial charge in [-0.25, -0.2) is 9.97 Å². The molecule has 0 amide bonds. The average Bonchev–Trinajstić information content (AvgIpc) is 2.16.